The van der Waals surface area contributed by atoms with Crippen LogP contribution in [0.25, 0.3) is 22.5 Å². The van der Waals surface area contributed by atoms with Crippen LogP contribution in [0.15, 0.2) is 60.9 Å². The molecule has 0 saturated carbocycles. The Morgan fingerprint density at radius 2 is 1.37 bits per heavy atom. The Hall–Kier alpha value is -3.35. The molecule has 1 aromatic heterocycles. The molecular formula is C34H44F2N2O3. The number of rotatable bonds is 18. The number of aromatic nitrogens is 2. The lowest BCUT2D eigenvalue weighted by Gasteiger charge is -2.18. The molecule has 7 heteroatoms. The standard InChI is InChI=1S/C34H44F2N2O3/c1-4-6-7-8-9-10-11-12-22-34(3,36)33(39)41-31-19-13-26(14-20-31)28-24-37-32(38-25-28)27-15-17-30(18-16-27)40-23-21-29(35)5-2/h13-20,24-25,29H,4-12,21-23H2,1-3H3/t29-,34-/m0/s1. The second-order valence-corrected chi connectivity index (χ2v) is 10.8. The molecule has 222 valence electrons. The SMILES string of the molecule is CCCCCCCCCC[C@](C)(F)C(=O)Oc1ccc(-c2cnc(-c3ccc(OCC[C@@H](F)CC)cc3)nc2)cc1. The van der Waals surface area contributed by atoms with Crippen molar-refractivity contribution in [2.24, 2.45) is 0 Å². The van der Waals surface area contributed by atoms with Gasteiger partial charge in [0.2, 0.25) is 5.67 Å². The molecule has 0 aliphatic rings. The molecule has 0 aliphatic carbocycles. The van der Waals surface area contributed by atoms with E-state index in [0.717, 1.165) is 29.5 Å². The molecule has 0 fully saturated rings. The van der Waals surface area contributed by atoms with Crippen LogP contribution in [0.2, 0.25) is 0 Å². The van der Waals surface area contributed by atoms with E-state index in [0.29, 0.717) is 43.2 Å². The third-order valence-corrected chi connectivity index (χ3v) is 7.23. The number of nitrogens with zero attached hydrogens (tertiary/aromatic N) is 2. The lowest BCUT2D eigenvalue weighted by molar-refractivity contribution is -0.147. The Kier molecular flexibility index (Phi) is 13.2. The number of hydrogen-bond donors (Lipinski definition) is 0. The number of hydrogen-bond acceptors (Lipinski definition) is 5. The highest BCUT2D eigenvalue weighted by atomic mass is 19.1. The van der Waals surface area contributed by atoms with E-state index >= 15 is 0 Å². The fraction of sp³-hybridized carbons (Fsp3) is 0.500. The van der Waals surface area contributed by atoms with Gasteiger partial charge in [0.25, 0.3) is 0 Å². The van der Waals surface area contributed by atoms with Crippen LogP contribution in [-0.2, 0) is 4.79 Å². The van der Waals surface area contributed by atoms with Gasteiger partial charge in [0, 0.05) is 29.9 Å². The summed E-state index contributed by atoms with van der Waals surface area (Å²) in [4.78, 5) is 21.4. The molecule has 0 unspecified atom stereocenters. The quantitative estimate of drug-likeness (QED) is 0.0872. The maximum absolute atomic E-state index is 15.0. The van der Waals surface area contributed by atoms with E-state index in [2.05, 4.69) is 16.9 Å². The van der Waals surface area contributed by atoms with E-state index in [-0.39, 0.29) is 6.42 Å². The Balaban J connectivity index is 1.47. The van der Waals surface area contributed by atoms with Crippen molar-refractivity contribution < 1.29 is 23.0 Å². The molecule has 0 radical (unpaired) electrons. The molecule has 41 heavy (non-hydrogen) atoms. The molecule has 5 nitrogen and oxygen atoms in total. The van der Waals surface area contributed by atoms with Gasteiger partial charge < -0.3 is 9.47 Å². The second-order valence-electron chi connectivity index (χ2n) is 10.8. The van der Waals surface area contributed by atoms with E-state index in [9.17, 15) is 13.6 Å². The number of benzene rings is 2. The number of halogens is 2. The van der Waals surface area contributed by atoms with Crippen LogP contribution in [0, 0.1) is 0 Å². The van der Waals surface area contributed by atoms with Gasteiger partial charge in [-0.1, -0.05) is 70.9 Å². The normalized spacial score (nSPS) is 13.4. The molecule has 0 aliphatic heterocycles. The van der Waals surface area contributed by atoms with Gasteiger partial charge in [-0.3, -0.25) is 0 Å². The van der Waals surface area contributed by atoms with Gasteiger partial charge in [0.1, 0.15) is 17.7 Å². The minimum absolute atomic E-state index is 0.164. The third kappa shape index (κ3) is 10.9. The summed E-state index contributed by atoms with van der Waals surface area (Å²) in [5.41, 5.74) is 0.472. The maximum Gasteiger partial charge on any atom is 0.348 e. The van der Waals surface area contributed by atoms with Crippen LogP contribution in [0.1, 0.15) is 91.4 Å². The smallest absolute Gasteiger partial charge is 0.348 e. The molecule has 3 rings (SSSR count). The van der Waals surface area contributed by atoms with Crippen molar-refractivity contribution in [2.45, 2.75) is 103 Å². The van der Waals surface area contributed by atoms with Crippen molar-refractivity contribution in [3.63, 3.8) is 0 Å². The first-order valence-electron chi connectivity index (χ1n) is 15.0. The van der Waals surface area contributed by atoms with E-state index in [1.807, 2.05) is 31.2 Å². The number of esters is 1. The van der Waals surface area contributed by atoms with Gasteiger partial charge in [0.15, 0.2) is 5.82 Å². The molecule has 0 saturated heterocycles. The lowest BCUT2D eigenvalue weighted by atomic mass is 9.99. The zero-order chi connectivity index (χ0) is 29.5. The van der Waals surface area contributed by atoms with Crippen LogP contribution in [0.4, 0.5) is 8.78 Å². The highest BCUT2D eigenvalue weighted by molar-refractivity contribution is 5.81. The fourth-order valence-electron chi connectivity index (χ4n) is 4.46. The summed E-state index contributed by atoms with van der Waals surface area (Å²) < 4.78 is 39.3. The highest BCUT2D eigenvalue weighted by Gasteiger charge is 2.34. The topological polar surface area (TPSA) is 61.3 Å². The Labute approximate surface area is 243 Å². The molecule has 0 N–H and O–H groups in total. The predicted molar refractivity (Wildman–Crippen MR) is 161 cm³/mol. The zero-order valence-electron chi connectivity index (χ0n) is 24.7. The van der Waals surface area contributed by atoms with Gasteiger partial charge in [0.05, 0.1) is 6.61 Å². The summed E-state index contributed by atoms with van der Waals surface area (Å²) in [7, 11) is 0. The summed E-state index contributed by atoms with van der Waals surface area (Å²) >= 11 is 0. The minimum Gasteiger partial charge on any atom is -0.493 e. The number of ether oxygens (including phenoxy) is 2. The van der Waals surface area contributed by atoms with Crippen molar-refractivity contribution in [1.29, 1.82) is 0 Å². The van der Waals surface area contributed by atoms with E-state index in [1.54, 1.807) is 36.7 Å². The molecule has 2 atom stereocenters. The summed E-state index contributed by atoms with van der Waals surface area (Å²) in [5.74, 6) is 0.690. The average Bonchev–Trinajstić information content (AvgIpc) is 2.99. The summed E-state index contributed by atoms with van der Waals surface area (Å²) in [6.07, 6.45) is 12.5. The molecule has 1 heterocycles. The van der Waals surface area contributed by atoms with Crippen LogP contribution in [0.5, 0.6) is 11.5 Å². The first-order chi connectivity index (χ1) is 19.8. The van der Waals surface area contributed by atoms with Crippen molar-refractivity contribution in [3.8, 4) is 34.0 Å². The molecule has 3 aromatic rings. The number of carbonyl (C=O) groups is 1. The van der Waals surface area contributed by atoms with Gasteiger partial charge in [-0.05, 0) is 68.1 Å². The zero-order valence-corrected chi connectivity index (χ0v) is 24.7. The Bertz CT molecular complexity index is 1170. The number of carbonyl (C=O) groups excluding carboxylic acids is 1. The summed E-state index contributed by atoms with van der Waals surface area (Å²) in [5, 5.41) is 0. The monoisotopic (exact) mass is 566 g/mol. The van der Waals surface area contributed by atoms with Crippen molar-refractivity contribution in [3.05, 3.63) is 60.9 Å². The third-order valence-electron chi connectivity index (χ3n) is 7.23. The first kappa shape index (κ1) is 32.2. The van der Waals surface area contributed by atoms with Crippen LogP contribution in [-0.4, -0.2) is 34.4 Å². The van der Waals surface area contributed by atoms with Crippen LogP contribution < -0.4 is 9.47 Å². The first-order valence-corrected chi connectivity index (χ1v) is 15.0. The molecule has 2 aromatic carbocycles. The van der Waals surface area contributed by atoms with Crippen molar-refractivity contribution in [2.75, 3.05) is 6.61 Å². The van der Waals surface area contributed by atoms with Gasteiger partial charge in [-0.25, -0.2) is 23.5 Å². The Morgan fingerprint density at radius 1 is 0.805 bits per heavy atom. The lowest BCUT2D eigenvalue weighted by Crippen LogP contribution is -2.34. The number of alkyl halides is 2. The van der Waals surface area contributed by atoms with Gasteiger partial charge >= 0.3 is 5.97 Å². The van der Waals surface area contributed by atoms with E-state index in [4.69, 9.17) is 9.47 Å². The maximum atomic E-state index is 15.0. The molecule has 0 amide bonds. The number of unbranched alkanes of at least 4 members (excludes halogenated alkanes) is 7. The van der Waals surface area contributed by atoms with Gasteiger partial charge in [-0.2, -0.15) is 0 Å². The minimum atomic E-state index is -2.01. The summed E-state index contributed by atoms with van der Waals surface area (Å²) in [6, 6.07) is 14.3. The highest BCUT2D eigenvalue weighted by Crippen LogP contribution is 2.27. The molecular weight excluding hydrogens is 522 g/mol. The largest absolute Gasteiger partial charge is 0.493 e. The predicted octanol–water partition coefficient (Wildman–Crippen LogP) is 9.49. The van der Waals surface area contributed by atoms with Gasteiger partial charge in [-0.15, -0.1) is 0 Å². The second kappa shape index (κ2) is 16.8. The van der Waals surface area contributed by atoms with Crippen LogP contribution in [0.3, 0.4) is 0 Å². The summed E-state index contributed by atoms with van der Waals surface area (Å²) in [6.45, 7) is 5.66. The molecule has 0 spiro atoms. The Morgan fingerprint density at radius 3 is 1.98 bits per heavy atom. The van der Waals surface area contributed by atoms with Crippen LogP contribution >= 0.6 is 0 Å². The average molecular weight is 567 g/mol. The molecule has 0 bridgehead atoms. The van der Waals surface area contributed by atoms with E-state index < -0.39 is 17.8 Å². The fourth-order valence-corrected chi connectivity index (χ4v) is 4.46. The van der Waals surface area contributed by atoms with Crippen molar-refractivity contribution in [1.82, 2.24) is 9.97 Å². The van der Waals surface area contributed by atoms with Crippen molar-refractivity contribution >= 4 is 5.97 Å². The van der Waals surface area contributed by atoms with E-state index in [1.165, 1.54) is 39.0 Å².